The third kappa shape index (κ3) is 3.00. The second-order valence-electron chi connectivity index (χ2n) is 4.75. The minimum absolute atomic E-state index is 0.284. The highest BCUT2D eigenvalue weighted by Crippen LogP contribution is 2.22. The van der Waals surface area contributed by atoms with E-state index in [1.54, 1.807) is 0 Å². The summed E-state index contributed by atoms with van der Waals surface area (Å²) in [5.41, 5.74) is 7.95. The van der Waals surface area contributed by atoms with E-state index >= 15 is 0 Å². The van der Waals surface area contributed by atoms with Crippen LogP contribution in [0.15, 0.2) is 42.9 Å². The second kappa shape index (κ2) is 5.62. The van der Waals surface area contributed by atoms with Gasteiger partial charge in [0.25, 0.3) is 0 Å². The highest BCUT2D eigenvalue weighted by atomic mass is 16.1. The number of aryl methyl sites for hydroxylation is 1. The second-order valence-corrected chi connectivity index (χ2v) is 4.75. The lowest BCUT2D eigenvalue weighted by atomic mass is 10.1. The molecule has 4 N–H and O–H groups in total. The van der Waals surface area contributed by atoms with Gasteiger partial charge in [0.05, 0.1) is 5.39 Å². The molecule has 0 aliphatic rings. The predicted octanol–water partition coefficient (Wildman–Crippen LogP) is 2.12. The Bertz CT molecular complexity index is 763. The lowest BCUT2D eigenvalue weighted by Gasteiger charge is -2.07. The molecule has 0 saturated carbocycles. The molecule has 3 aromatic rings. The van der Waals surface area contributed by atoms with Crippen molar-refractivity contribution in [2.75, 3.05) is 5.32 Å². The normalized spacial score (nSPS) is 10.7. The van der Waals surface area contributed by atoms with Gasteiger partial charge in [-0.25, -0.2) is 9.97 Å². The van der Waals surface area contributed by atoms with Crippen molar-refractivity contribution in [1.82, 2.24) is 15.0 Å². The van der Waals surface area contributed by atoms with Gasteiger partial charge in [0.1, 0.15) is 17.8 Å². The van der Waals surface area contributed by atoms with Gasteiger partial charge in [0.2, 0.25) is 5.91 Å². The van der Waals surface area contributed by atoms with Crippen LogP contribution in [-0.4, -0.2) is 20.9 Å². The highest BCUT2D eigenvalue weighted by molar-refractivity contribution is 5.88. The number of nitrogens with one attached hydrogen (secondary N) is 2. The van der Waals surface area contributed by atoms with Gasteiger partial charge in [-0.15, -0.1) is 0 Å². The Morgan fingerprint density at radius 1 is 1.19 bits per heavy atom. The van der Waals surface area contributed by atoms with Crippen LogP contribution in [-0.2, 0) is 11.2 Å². The summed E-state index contributed by atoms with van der Waals surface area (Å²) in [5.74, 6) is 0.471. The number of nitrogens with two attached hydrogens (primary N) is 1. The third-order valence-electron chi connectivity index (χ3n) is 3.23. The average molecular weight is 281 g/mol. The van der Waals surface area contributed by atoms with Gasteiger partial charge in [0.15, 0.2) is 0 Å². The van der Waals surface area contributed by atoms with Crippen LogP contribution in [0.5, 0.6) is 0 Å². The fourth-order valence-electron chi connectivity index (χ4n) is 2.13. The van der Waals surface area contributed by atoms with Crippen molar-refractivity contribution in [3.8, 4) is 0 Å². The first-order chi connectivity index (χ1) is 10.2. The molecule has 0 fully saturated rings. The number of primary amides is 1. The Balaban J connectivity index is 1.76. The number of rotatable bonds is 5. The summed E-state index contributed by atoms with van der Waals surface area (Å²) in [6.07, 6.45) is 4.37. The first-order valence-corrected chi connectivity index (χ1v) is 6.65. The summed E-state index contributed by atoms with van der Waals surface area (Å²) >= 11 is 0. The maximum absolute atomic E-state index is 10.8. The Morgan fingerprint density at radius 2 is 2.00 bits per heavy atom. The minimum atomic E-state index is -0.284. The van der Waals surface area contributed by atoms with Crippen molar-refractivity contribution < 1.29 is 4.79 Å². The van der Waals surface area contributed by atoms with Crippen LogP contribution < -0.4 is 11.1 Å². The molecule has 0 aliphatic heterocycles. The summed E-state index contributed by atoms with van der Waals surface area (Å²) in [4.78, 5) is 22.2. The lowest BCUT2D eigenvalue weighted by molar-refractivity contribution is -0.117. The molecule has 21 heavy (non-hydrogen) atoms. The van der Waals surface area contributed by atoms with E-state index in [-0.39, 0.29) is 5.91 Å². The number of nitrogens with zero attached hydrogens (tertiary/aromatic N) is 2. The van der Waals surface area contributed by atoms with Gasteiger partial charge in [-0.3, -0.25) is 4.79 Å². The van der Waals surface area contributed by atoms with Crippen molar-refractivity contribution in [3.63, 3.8) is 0 Å². The standard InChI is InChI=1S/C15H15N5O/c16-13(21)6-3-10-1-4-11(5-2-10)20-15-12-7-8-17-14(12)18-9-19-15/h1-2,4-5,7-9H,3,6H2,(H2,16,21)(H2,17,18,19,20). The van der Waals surface area contributed by atoms with Gasteiger partial charge in [-0.2, -0.15) is 0 Å². The molecule has 3 rings (SSSR count). The maximum atomic E-state index is 10.8. The number of H-pyrrole nitrogens is 1. The topological polar surface area (TPSA) is 96.7 Å². The number of hydrogen-bond acceptors (Lipinski definition) is 4. The Hall–Kier alpha value is -2.89. The molecule has 6 nitrogen and oxygen atoms in total. The average Bonchev–Trinajstić information content (AvgIpc) is 2.96. The zero-order valence-electron chi connectivity index (χ0n) is 11.3. The van der Waals surface area contributed by atoms with E-state index in [9.17, 15) is 4.79 Å². The summed E-state index contributed by atoms with van der Waals surface area (Å²) < 4.78 is 0. The fourth-order valence-corrected chi connectivity index (χ4v) is 2.13. The number of aromatic amines is 1. The summed E-state index contributed by atoms with van der Waals surface area (Å²) in [6.45, 7) is 0. The SMILES string of the molecule is NC(=O)CCc1ccc(Nc2ncnc3[nH]ccc23)cc1. The van der Waals surface area contributed by atoms with Crippen LogP contribution >= 0.6 is 0 Å². The Kier molecular flexibility index (Phi) is 3.51. The van der Waals surface area contributed by atoms with E-state index in [1.165, 1.54) is 6.33 Å². The molecular formula is C15H15N5O. The number of amides is 1. The number of benzene rings is 1. The predicted molar refractivity (Wildman–Crippen MR) is 81.1 cm³/mol. The Labute approximate surface area is 121 Å². The van der Waals surface area contributed by atoms with Crippen molar-refractivity contribution in [1.29, 1.82) is 0 Å². The molecule has 0 bridgehead atoms. The van der Waals surface area contributed by atoms with Crippen molar-refractivity contribution in [2.45, 2.75) is 12.8 Å². The lowest BCUT2D eigenvalue weighted by Crippen LogP contribution is -2.11. The van der Waals surface area contributed by atoms with Crippen molar-refractivity contribution in [2.24, 2.45) is 5.73 Å². The molecule has 0 saturated heterocycles. The molecule has 0 unspecified atom stereocenters. The molecule has 0 atom stereocenters. The quantitative estimate of drug-likeness (QED) is 0.667. The maximum Gasteiger partial charge on any atom is 0.217 e. The largest absolute Gasteiger partial charge is 0.370 e. The van der Waals surface area contributed by atoms with E-state index < -0.39 is 0 Å². The molecule has 106 valence electrons. The van der Waals surface area contributed by atoms with E-state index in [0.29, 0.717) is 12.8 Å². The van der Waals surface area contributed by atoms with E-state index in [2.05, 4.69) is 20.3 Å². The molecular weight excluding hydrogens is 266 g/mol. The molecule has 0 radical (unpaired) electrons. The monoisotopic (exact) mass is 281 g/mol. The molecule has 1 amide bonds. The Morgan fingerprint density at radius 3 is 2.76 bits per heavy atom. The number of hydrogen-bond donors (Lipinski definition) is 3. The van der Waals surface area contributed by atoms with Gasteiger partial charge in [-0.05, 0) is 30.2 Å². The van der Waals surface area contributed by atoms with Gasteiger partial charge in [0, 0.05) is 18.3 Å². The molecule has 0 spiro atoms. The summed E-state index contributed by atoms with van der Waals surface area (Å²) in [7, 11) is 0. The number of carbonyl (C=O) groups excluding carboxylic acids is 1. The molecule has 0 aliphatic carbocycles. The molecule has 6 heteroatoms. The zero-order chi connectivity index (χ0) is 14.7. The zero-order valence-corrected chi connectivity index (χ0v) is 11.3. The van der Waals surface area contributed by atoms with Gasteiger partial charge < -0.3 is 16.0 Å². The number of fused-ring (bicyclic) bond motifs is 1. The summed E-state index contributed by atoms with van der Waals surface area (Å²) in [5, 5.41) is 4.20. The highest BCUT2D eigenvalue weighted by Gasteiger charge is 2.04. The van der Waals surface area contributed by atoms with E-state index in [0.717, 1.165) is 28.1 Å². The smallest absolute Gasteiger partial charge is 0.217 e. The molecule has 2 aromatic heterocycles. The minimum Gasteiger partial charge on any atom is -0.370 e. The third-order valence-corrected chi connectivity index (χ3v) is 3.23. The fraction of sp³-hybridized carbons (Fsp3) is 0.133. The van der Waals surface area contributed by atoms with Crippen LogP contribution in [0.25, 0.3) is 11.0 Å². The molecule has 2 heterocycles. The summed E-state index contributed by atoms with van der Waals surface area (Å²) in [6, 6.07) is 9.79. The molecule has 1 aromatic carbocycles. The van der Waals surface area contributed by atoms with E-state index in [1.807, 2.05) is 36.5 Å². The van der Waals surface area contributed by atoms with Crippen LogP contribution in [0, 0.1) is 0 Å². The van der Waals surface area contributed by atoms with Crippen LogP contribution in [0.1, 0.15) is 12.0 Å². The first kappa shape index (κ1) is 13.1. The number of anilines is 2. The van der Waals surface area contributed by atoms with Gasteiger partial charge in [-0.1, -0.05) is 12.1 Å². The van der Waals surface area contributed by atoms with Crippen molar-refractivity contribution >= 4 is 28.4 Å². The van der Waals surface area contributed by atoms with Crippen LogP contribution in [0.2, 0.25) is 0 Å². The number of carbonyl (C=O) groups is 1. The van der Waals surface area contributed by atoms with E-state index in [4.69, 9.17) is 5.73 Å². The van der Waals surface area contributed by atoms with Crippen LogP contribution in [0.3, 0.4) is 0 Å². The van der Waals surface area contributed by atoms with Gasteiger partial charge >= 0.3 is 0 Å². The first-order valence-electron chi connectivity index (χ1n) is 6.65. The number of aromatic nitrogens is 3. The van der Waals surface area contributed by atoms with Crippen LogP contribution in [0.4, 0.5) is 11.5 Å². The van der Waals surface area contributed by atoms with Crippen molar-refractivity contribution in [3.05, 3.63) is 48.4 Å².